The lowest BCUT2D eigenvalue weighted by Gasteiger charge is -2.13. The third-order valence-corrected chi connectivity index (χ3v) is 6.46. The van der Waals surface area contributed by atoms with Crippen LogP contribution in [0.4, 0.5) is 0 Å². The first-order chi connectivity index (χ1) is 16.9. The van der Waals surface area contributed by atoms with Crippen LogP contribution in [-0.2, 0) is 6.42 Å². The van der Waals surface area contributed by atoms with Gasteiger partial charge in [0.25, 0.3) is 5.91 Å². The summed E-state index contributed by atoms with van der Waals surface area (Å²) in [5.41, 5.74) is 4.81. The number of hydrazone groups is 1. The van der Waals surface area contributed by atoms with E-state index < -0.39 is 11.9 Å². The summed E-state index contributed by atoms with van der Waals surface area (Å²) >= 11 is 12.0. The lowest BCUT2D eigenvalue weighted by molar-refractivity contribution is 0.0698. The normalized spacial score (nSPS) is 14.1. The van der Waals surface area contributed by atoms with E-state index in [1.54, 1.807) is 19.1 Å². The Labute approximate surface area is 211 Å². The van der Waals surface area contributed by atoms with Gasteiger partial charge in [0.1, 0.15) is 11.5 Å². The predicted molar refractivity (Wildman–Crippen MR) is 136 cm³/mol. The van der Waals surface area contributed by atoms with Crippen LogP contribution in [-0.4, -0.2) is 17.6 Å². The van der Waals surface area contributed by atoms with E-state index in [4.69, 9.17) is 32.4 Å². The molecule has 8 heteroatoms. The smallest absolute Gasteiger partial charge is 0.379 e. The van der Waals surface area contributed by atoms with Gasteiger partial charge in [-0.25, -0.2) is 10.2 Å². The Hall–Kier alpha value is -3.61. The minimum atomic E-state index is -0.580. The number of hydrogen-bond acceptors (Lipinski definition) is 5. The minimum absolute atomic E-state index is 0.129. The van der Waals surface area contributed by atoms with Crippen molar-refractivity contribution in [2.45, 2.75) is 26.2 Å². The number of ether oxygens (including phenoxy) is 1. The molecule has 1 aliphatic carbocycles. The monoisotopic (exact) mass is 506 g/mol. The summed E-state index contributed by atoms with van der Waals surface area (Å²) < 4.78 is 11.5. The van der Waals surface area contributed by atoms with Gasteiger partial charge < -0.3 is 9.15 Å². The van der Waals surface area contributed by atoms with E-state index in [1.807, 2.05) is 36.4 Å². The number of benzene rings is 3. The van der Waals surface area contributed by atoms with Crippen molar-refractivity contribution in [3.05, 3.63) is 98.9 Å². The number of hydrogen-bond donors (Lipinski definition) is 1. The third kappa shape index (κ3) is 4.67. The van der Waals surface area contributed by atoms with Gasteiger partial charge in [-0.2, -0.15) is 5.10 Å². The zero-order valence-electron chi connectivity index (χ0n) is 18.7. The summed E-state index contributed by atoms with van der Waals surface area (Å²) in [7, 11) is 0. The molecule has 0 atom stereocenters. The number of esters is 1. The number of amides is 1. The molecule has 1 amide bonds. The maximum atomic E-state index is 13.0. The summed E-state index contributed by atoms with van der Waals surface area (Å²) in [6.45, 7) is 1.79. The van der Waals surface area contributed by atoms with Crippen molar-refractivity contribution < 1.29 is 18.7 Å². The predicted octanol–water partition coefficient (Wildman–Crippen LogP) is 6.74. The average Bonchev–Trinajstić information content (AvgIpc) is 3.19. The Morgan fingerprint density at radius 1 is 1.00 bits per heavy atom. The van der Waals surface area contributed by atoms with E-state index in [1.165, 1.54) is 12.1 Å². The highest BCUT2D eigenvalue weighted by atomic mass is 35.5. The highest BCUT2D eigenvalue weighted by Gasteiger charge is 2.29. The SMILES string of the molecule is Cc1c(C(=O)Oc2ccc3ccccc3c2)oc2c1/C(=N/NC(=O)c1ccc(Cl)cc1Cl)CCC2. The Kier molecular flexibility index (Phi) is 6.32. The minimum Gasteiger partial charge on any atom is -0.453 e. The van der Waals surface area contributed by atoms with Crippen LogP contribution in [0.1, 0.15) is 50.6 Å². The molecule has 0 saturated carbocycles. The fourth-order valence-electron chi connectivity index (χ4n) is 4.21. The second-order valence-electron chi connectivity index (χ2n) is 8.23. The van der Waals surface area contributed by atoms with E-state index >= 15 is 0 Å². The number of carbonyl (C=O) groups excluding carboxylic acids is 2. The molecule has 0 aliphatic heterocycles. The molecule has 1 aliphatic rings. The van der Waals surface area contributed by atoms with Gasteiger partial charge in [0, 0.05) is 22.6 Å². The molecule has 0 radical (unpaired) electrons. The van der Waals surface area contributed by atoms with Crippen LogP contribution in [0.3, 0.4) is 0 Å². The Balaban J connectivity index is 1.38. The fourth-order valence-corrected chi connectivity index (χ4v) is 4.71. The van der Waals surface area contributed by atoms with Crippen molar-refractivity contribution >= 4 is 51.6 Å². The van der Waals surface area contributed by atoms with Gasteiger partial charge in [-0.05, 0) is 60.9 Å². The molecular weight excluding hydrogens is 487 g/mol. The fraction of sp³-hybridized carbons (Fsp3) is 0.148. The molecule has 1 aromatic heterocycles. The first-order valence-electron chi connectivity index (χ1n) is 11.1. The number of aryl methyl sites for hydroxylation is 1. The van der Waals surface area contributed by atoms with Crippen molar-refractivity contribution in [2.24, 2.45) is 5.10 Å². The molecule has 6 nitrogen and oxygen atoms in total. The maximum Gasteiger partial charge on any atom is 0.379 e. The summed E-state index contributed by atoms with van der Waals surface area (Å²) in [4.78, 5) is 25.5. The number of nitrogens with zero attached hydrogens (tertiary/aromatic N) is 1. The van der Waals surface area contributed by atoms with Crippen molar-refractivity contribution in [1.82, 2.24) is 5.43 Å². The first-order valence-corrected chi connectivity index (χ1v) is 11.8. The summed E-state index contributed by atoms with van der Waals surface area (Å²) in [6.07, 6.45) is 2.06. The van der Waals surface area contributed by atoms with Crippen LogP contribution in [0.2, 0.25) is 10.0 Å². The molecule has 0 fully saturated rings. The molecule has 35 heavy (non-hydrogen) atoms. The molecule has 0 spiro atoms. The van der Waals surface area contributed by atoms with E-state index in [0.29, 0.717) is 40.6 Å². The topological polar surface area (TPSA) is 80.9 Å². The number of nitrogens with one attached hydrogen (secondary N) is 1. The lowest BCUT2D eigenvalue weighted by atomic mass is 9.93. The molecule has 0 bridgehead atoms. The Bertz CT molecular complexity index is 1510. The summed E-state index contributed by atoms with van der Waals surface area (Å²) in [5, 5.41) is 7.03. The standard InChI is InChI=1S/C27H20Cl2N2O4/c1-15-24-22(30-31-26(32)20-12-10-18(28)14-21(20)29)7-4-8-23(24)35-25(15)27(33)34-19-11-9-16-5-2-3-6-17(16)13-19/h2-3,5-6,9-14H,4,7-8H2,1H3,(H,31,32)/b30-22+. The average molecular weight is 507 g/mol. The molecule has 176 valence electrons. The van der Waals surface area contributed by atoms with Crippen molar-refractivity contribution in [2.75, 3.05) is 0 Å². The van der Waals surface area contributed by atoms with Crippen LogP contribution >= 0.6 is 23.2 Å². The van der Waals surface area contributed by atoms with Gasteiger partial charge >= 0.3 is 5.97 Å². The number of rotatable bonds is 4. The van der Waals surface area contributed by atoms with Gasteiger partial charge in [0.2, 0.25) is 5.76 Å². The second kappa shape index (κ2) is 9.56. The van der Waals surface area contributed by atoms with Crippen LogP contribution in [0, 0.1) is 6.92 Å². The molecule has 0 saturated heterocycles. The molecule has 1 N–H and O–H groups in total. The van der Waals surface area contributed by atoms with Crippen LogP contribution in [0.15, 0.2) is 70.2 Å². The zero-order chi connectivity index (χ0) is 24.5. The molecular formula is C27H20Cl2N2O4. The highest BCUT2D eigenvalue weighted by Crippen LogP contribution is 2.31. The van der Waals surface area contributed by atoms with Gasteiger partial charge in [-0.1, -0.05) is 53.5 Å². The third-order valence-electron chi connectivity index (χ3n) is 5.91. The highest BCUT2D eigenvalue weighted by molar-refractivity contribution is 6.36. The van der Waals surface area contributed by atoms with E-state index in [9.17, 15) is 9.59 Å². The van der Waals surface area contributed by atoms with Crippen molar-refractivity contribution in [3.63, 3.8) is 0 Å². The molecule has 3 aromatic carbocycles. The Morgan fingerprint density at radius 3 is 2.60 bits per heavy atom. The van der Waals surface area contributed by atoms with Gasteiger partial charge in [-0.15, -0.1) is 0 Å². The Morgan fingerprint density at radius 2 is 1.80 bits per heavy atom. The number of carbonyl (C=O) groups is 2. The molecule has 0 unspecified atom stereocenters. The van der Waals surface area contributed by atoms with Crippen LogP contribution < -0.4 is 10.2 Å². The largest absolute Gasteiger partial charge is 0.453 e. The number of fused-ring (bicyclic) bond motifs is 2. The van der Waals surface area contributed by atoms with E-state index in [2.05, 4.69) is 10.5 Å². The van der Waals surface area contributed by atoms with Gasteiger partial charge in [0.05, 0.1) is 16.3 Å². The first kappa shape index (κ1) is 23.1. The maximum absolute atomic E-state index is 13.0. The number of halogens is 2. The van der Waals surface area contributed by atoms with E-state index in [0.717, 1.165) is 22.8 Å². The summed E-state index contributed by atoms with van der Waals surface area (Å²) in [6, 6.07) is 17.9. The van der Waals surface area contributed by atoms with Crippen molar-refractivity contribution in [1.29, 1.82) is 0 Å². The van der Waals surface area contributed by atoms with Gasteiger partial charge in [0.15, 0.2) is 0 Å². The van der Waals surface area contributed by atoms with Crippen molar-refractivity contribution in [3.8, 4) is 5.75 Å². The van der Waals surface area contributed by atoms with Crippen LogP contribution in [0.5, 0.6) is 5.75 Å². The number of furan rings is 1. The van der Waals surface area contributed by atoms with Gasteiger partial charge in [-0.3, -0.25) is 4.79 Å². The molecule has 1 heterocycles. The zero-order valence-corrected chi connectivity index (χ0v) is 20.2. The molecule has 5 rings (SSSR count). The lowest BCUT2D eigenvalue weighted by Crippen LogP contribution is -2.22. The summed E-state index contributed by atoms with van der Waals surface area (Å²) in [5.74, 6) is 0.178. The quantitative estimate of drug-likeness (QED) is 0.189. The second-order valence-corrected chi connectivity index (χ2v) is 9.07. The van der Waals surface area contributed by atoms with Crippen LogP contribution in [0.25, 0.3) is 10.8 Å². The molecule has 4 aromatic rings. The van der Waals surface area contributed by atoms with E-state index in [-0.39, 0.29) is 16.3 Å².